The summed E-state index contributed by atoms with van der Waals surface area (Å²) >= 11 is 0. The molecular formula is C84H144NO8+. The highest BCUT2D eigenvalue weighted by Gasteiger charge is 2.25. The molecule has 0 aliphatic carbocycles. The number of aliphatic carboxylic acids is 1. The Morgan fingerprint density at radius 3 is 0.860 bits per heavy atom. The maximum Gasteiger partial charge on any atom is 0.361 e. The molecule has 0 saturated heterocycles. The maximum absolute atomic E-state index is 13.0. The fraction of sp³-hybridized carbons (Fsp3) is 0.702. The quantitative estimate of drug-likeness (QED) is 0.0211. The van der Waals surface area contributed by atoms with E-state index in [0.717, 1.165) is 109 Å². The largest absolute Gasteiger partial charge is 0.477 e. The molecule has 1 N–H and O–H groups in total. The van der Waals surface area contributed by atoms with Gasteiger partial charge in [-0.1, -0.05) is 334 Å². The first-order valence-corrected chi connectivity index (χ1v) is 38.3. The van der Waals surface area contributed by atoms with E-state index >= 15 is 0 Å². The maximum atomic E-state index is 13.0. The van der Waals surface area contributed by atoms with Crippen LogP contribution >= 0.6 is 0 Å². The number of likely N-dealkylation sites (N-methyl/N-ethyl adjacent to an activating group) is 1. The Hall–Kier alpha value is -4.57. The number of carboxylic acids is 1. The number of carboxylic acid groups (broad SMARTS) is 1. The van der Waals surface area contributed by atoms with Crippen LogP contribution in [0.15, 0.2) is 134 Å². The number of hydrogen-bond acceptors (Lipinski definition) is 7. The van der Waals surface area contributed by atoms with Crippen LogP contribution in [0.5, 0.6) is 0 Å². The third-order valence-corrected chi connectivity index (χ3v) is 16.4. The molecule has 0 aliphatic heterocycles. The Bertz CT molecular complexity index is 2000. The minimum atomic E-state index is -1.52. The van der Waals surface area contributed by atoms with E-state index in [1.165, 1.54) is 186 Å². The first-order valence-electron chi connectivity index (χ1n) is 38.3. The minimum absolute atomic E-state index is 0.184. The van der Waals surface area contributed by atoms with Crippen molar-refractivity contribution in [2.24, 2.45) is 0 Å². The van der Waals surface area contributed by atoms with Crippen molar-refractivity contribution in [1.82, 2.24) is 0 Å². The van der Waals surface area contributed by atoms with E-state index in [1.807, 2.05) is 21.1 Å². The second-order valence-corrected chi connectivity index (χ2v) is 26.6. The van der Waals surface area contributed by atoms with Gasteiger partial charge in [0.2, 0.25) is 0 Å². The van der Waals surface area contributed by atoms with Crippen molar-refractivity contribution in [2.45, 2.75) is 334 Å². The fourth-order valence-corrected chi connectivity index (χ4v) is 10.6. The van der Waals surface area contributed by atoms with Gasteiger partial charge in [0.05, 0.1) is 34.4 Å². The molecule has 2 atom stereocenters. The molecule has 532 valence electrons. The van der Waals surface area contributed by atoms with Crippen LogP contribution in [0.3, 0.4) is 0 Å². The molecule has 0 rings (SSSR count). The van der Waals surface area contributed by atoms with Gasteiger partial charge in [-0.2, -0.15) is 0 Å². The highest BCUT2D eigenvalue weighted by atomic mass is 16.7. The van der Waals surface area contributed by atoms with Crippen LogP contribution < -0.4 is 0 Å². The molecule has 2 unspecified atom stereocenters. The minimum Gasteiger partial charge on any atom is -0.477 e. The first-order chi connectivity index (χ1) is 45.6. The number of carbonyl (C=O) groups excluding carboxylic acids is 2. The Balaban J connectivity index is 4.05. The average molecular weight is 1300 g/mol. The smallest absolute Gasteiger partial charge is 0.361 e. The van der Waals surface area contributed by atoms with Gasteiger partial charge in [0, 0.05) is 12.8 Å². The van der Waals surface area contributed by atoms with Crippen LogP contribution in [0.1, 0.15) is 322 Å². The van der Waals surface area contributed by atoms with Crippen LogP contribution in [0.25, 0.3) is 0 Å². The summed E-state index contributed by atoms with van der Waals surface area (Å²) in [5.74, 6) is -2.00. The zero-order valence-electron chi connectivity index (χ0n) is 60.9. The van der Waals surface area contributed by atoms with E-state index in [2.05, 4.69) is 148 Å². The predicted molar refractivity (Wildman–Crippen MR) is 401 cm³/mol. The number of allylic oxidation sites excluding steroid dienone is 22. The van der Waals surface area contributed by atoms with E-state index in [-0.39, 0.29) is 32.2 Å². The summed E-state index contributed by atoms with van der Waals surface area (Å²) in [4.78, 5) is 37.7. The number of ether oxygens (including phenoxy) is 4. The van der Waals surface area contributed by atoms with Gasteiger partial charge in [0.1, 0.15) is 13.2 Å². The monoisotopic (exact) mass is 1300 g/mol. The van der Waals surface area contributed by atoms with Gasteiger partial charge >= 0.3 is 17.9 Å². The lowest BCUT2D eigenvalue weighted by Gasteiger charge is -2.25. The molecule has 0 aromatic heterocycles. The fourth-order valence-electron chi connectivity index (χ4n) is 10.6. The first kappa shape index (κ1) is 88.4. The van der Waals surface area contributed by atoms with E-state index in [9.17, 15) is 19.5 Å². The lowest BCUT2D eigenvalue weighted by Crippen LogP contribution is -2.40. The standard InChI is InChI=1S/C84H143NO8/c1-6-8-10-12-14-16-18-20-22-24-26-28-30-32-34-36-37-38-39-40-41-42-43-44-45-47-49-51-53-55-57-59-61-63-65-67-69-71-73-75-82(87)93-80(79-92-84(83(88)89)90-77-76-85(3,4)5)78-91-81(86)74-72-70-68-66-64-62-60-58-56-54-52-50-48-46-35-33-31-29-27-25-23-21-19-17-15-13-11-9-7-2/h8-11,14-17,20-23,26-29,32,34,37-38,40-41,80,84H,6-7,12-13,18-19,24-25,30-31,33,35-36,39,42-79H2,1-5H3/p+1/b10-8-,11-9-,16-14-,17-15-,22-20-,23-21-,28-26-,29-27-,34-32-,38-37-,41-40-. The molecule has 0 radical (unpaired) electrons. The van der Waals surface area contributed by atoms with Crippen LogP contribution in [0, 0.1) is 0 Å². The van der Waals surface area contributed by atoms with Crippen LogP contribution in [0.4, 0.5) is 0 Å². The Kier molecular flexibility index (Phi) is 69.6. The third-order valence-electron chi connectivity index (χ3n) is 16.4. The Labute approximate surface area is 573 Å². The molecule has 0 fully saturated rings. The number of unbranched alkanes of at least 4 members (excludes halogenated alkanes) is 33. The molecule has 0 aromatic carbocycles. The predicted octanol–water partition coefficient (Wildman–Crippen LogP) is 24.5. The highest BCUT2D eigenvalue weighted by molar-refractivity contribution is 5.71. The van der Waals surface area contributed by atoms with Crippen molar-refractivity contribution in [3.8, 4) is 0 Å². The second kappa shape index (κ2) is 73.2. The number of nitrogens with zero attached hydrogens (tertiary/aromatic N) is 1. The SMILES string of the molecule is CC/C=C\C/C=C\C/C=C\C/C=C\C/C=C\C/C=C\C/C=C\CCCCCCCCCCCCCCCCCCCC(=O)OC(COC(=O)CCCCCCCCCCCCCCCCCC/C=C\C/C=C\C/C=C\C/C=C\CC)COC(OCC[N+](C)(C)C)C(=O)O. The number of quaternary nitrogens is 1. The highest BCUT2D eigenvalue weighted by Crippen LogP contribution is 2.18. The van der Waals surface area contributed by atoms with Crippen LogP contribution in [0.2, 0.25) is 0 Å². The van der Waals surface area contributed by atoms with Crippen molar-refractivity contribution in [3.63, 3.8) is 0 Å². The molecule has 0 amide bonds. The van der Waals surface area contributed by atoms with E-state index in [4.69, 9.17) is 18.9 Å². The molecule has 93 heavy (non-hydrogen) atoms. The Morgan fingerprint density at radius 2 is 0.581 bits per heavy atom. The number of esters is 2. The van der Waals surface area contributed by atoms with Crippen LogP contribution in [-0.4, -0.2) is 87.4 Å². The molecule has 0 aliphatic rings. The van der Waals surface area contributed by atoms with Gasteiger partial charge in [0.15, 0.2) is 6.10 Å². The number of hydrogen-bond donors (Lipinski definition) is 1. The zero-order chi connectivity index (χ0) is 67.5. The van der Waals surface area contributed by atoms with E-state index in [0.29, 0.717) is 17.4 Å². The number of carbonyl (C=O) groups is 3. The summed E-state index contributed by atoms with van der Waals surface area (Å²) in [5.41, 5.74) is 0. The third kappa shape index (κ3) is 74.7. The van der Waals surface area contributed by atoms with Gasteiger partial charge in [-0.25, -0.2) is 4.79 Å². The Morgan fingerprint density at radius 1 is 0.323 bits per heavy atom. The molecule has 0 bridgehead atoms. The topological polar surface area (TPSA) is 108 Å². The molecule has 0 saturated carbocycles. The van der Waals surface area contributed by atoms with Crippen molar-refractivity contribution in [3.05, 3.63) is 134 Å². The van der Waals surface area contributed by atoms with Gasteiger partial charge in [-0.15, -0.1) is 0 Å². The molecule has 9 heteroatoms. The molecular weight excluding hydrogens is 1150 g/mol. The van der Waals surface area contributed by atoms with Crippen LogP contribution in [-0.2, 0) is 33.3 Å². The van der Waals surface area contributed by atoms with Gasteiger partial charge in [-0.05, 0) is 109 Å². The molecule has 9 nitrogen and oxygen atoms in total. The lowest BCUT2D eigenvalue weighted by atomic mass is 10.0. The zero-order valence-corrected chi connectivity index (χ0v) is 60.9. The van der Waals surface area contributed by atoms with Crippen molar-refractivity contribution in [1.29, 1.82) is 0 Å². The van der Waals surface area contributed by atoms with Gasteiger partial charge in [0.25, 0.3) is 6.29 Å². The average Bonchev–Trinajstić information content (AvgIpc) is 3.38. The summed E-state index contributed by atoms with van der Waals surface area (Å²) in [6.45, 7) is 4.68. The van der Waals surface area contributed by atoms with Gasteiger partial charge in [-0.3, -0.25) is 9.59 Å². The normalized spacial score (nSPS) is 13.4. The van der Waals surface area contributed by atoms with Gasteiger partial charge < -0.3 is 28.5 Å². The summed E-state index contributed by atoms with van der Waals surface area (Å²) in [7, 11) is 5.98. The van der Waals surface area contributed by atoms with Crippen molar-refractivity contribution < 1.29 is 42.9 Å². The van der Waals surface area contributed by atoms with Crippen molar-refractivity contribution in [2.75, 3.05) is 47.5 Å². The second-order valence-electron chi connectivity index (χ2n) is 26.6. The molecule has 0 spiro atoms. The molecule has 0 aromatic rings. The van der Waals surface area contributed by atoms with Crippen molar-refractivity contribution >= 4 is 17.9 Å². The molecule has 0 heterocycles. The lowest BCUT2D eigenvalue weighted by molar-refractivity contribution is -0.870. The summed E-state index contributed by atoms with van der Waals surface area (Å²) in [6.07, 6.45) is 103. The summed E-state index contributed by atoms with van der Waals surface area (Å²) in [5, 5.41) is 9.77. The summed E-state index contributed by atoms with van der Waals surface area (Å²) in [6, 6.07) is 0. The number of rotatable bonds is 70. The van der Waals surface area contributed by atoms with E-state index < -0.39 is 24.3 Å². The summed E-state index contributed by atoms with van der Waals surface area (Å²) < 4.78 is 23.0. The van der Waals surface area contributed by atoms with E-state index in [1.54, 1.807) is 0 Å².